The zero-order valence-electron chi connectivity index (χ0n) is 7.02. The fraction of sp³-hybridized carbons (Fsp3) is 0.857. The lowest BCUT2D eigenvalue weighted by molar-refractivity contribution is -0.142. The van der Waals surface area contributed by atoms with Crippen molar-refractivity contribution in [2.45, 2.75) is 12.8 Å². The van der Waals surface area contributed by atoms with Gasteiger partial charge < -0.3 is 5.11 Å². The lowest BCUT2D eigenvalue weighted by Gasteiger charge is -2.27. The molecule has 0 aromatic rings. The Balaban J connectivity index is 2.39. The molecule has 0 spiro atoms. The van der Waals surface area contributed by atoms with Gasteiger partial charge in [-0.05, 0) is 12.8 Å². The van der Waals surface area contributed by atoms with Crippen molar-refractivity contribution in [3.05, 3.63) is 0 Å². The van der Waals surface area contributed by atoms with Crippen molar-refractivity contribution >= 4 is 17.0 Å². The summed E-state index contributed by atoms with van der Waals surface area (Å²) in [5.74, 6) is -0.957. The molecule has 0 amide bonds. The second-order valence-electron chi connectivity index (χ2n) is 2.97. The Labute approximate surface area is 74.1 Å². The molecule has 5 heteroatoms. The Hall–Kier alpha value is -0.420. The number of carbonyl (C=O) groups is 1. The van der Waals surface area contributed by atoms with Crippen LogP contribution in [0.3, 0.4) is 0 Å². The second-order valence-corrected chi connectivity index (χ2v) is 4.33. The first-order valence-corrected chi connectivity index (χ1v) is 5.44. The normalized spacial score (nSPS) is 23.8. The highest BCUT2D eigenvalue weighted by atomic mass is 32.2. The van der Waals surface area contributed by atoms with Crippen molar-refractivity contribution in [2.24, 2.45) is 5.92 Å². The molecule has 1 saturated heterocycles. The largest absolute Gasteiger partial charge is 0.481 e. The van der Waals surface area contributed by atoms with Gasteiger partial charge in [0.1, 0.15) is 0 Å². The molecule has 12 heavy (non-hydrogen) atoms. The molecule has 70 valence electrons. The minimum atomic E-state index is -0.940. The Bertz CT molecular complexity index is 177. The summed E-state index contributed by atoms with van der Waals surface area (Å²) in [7, 11) is -0.940. The molecule has 1 heterocycles. The number of piperidine rings is 1. The highest BCUT2D eigenvalue weighted by molar-refractivity contribution is 7.81. The van der Waals surface area contributed by atoms with Crippen LogP contribution in [0.5, 0.6) is 0 Å². The minimum absolute atomic E-state index is 0.232. The SMILES string of the molecule is CS(=O)N1CCC(C(=O)O)CC1. The van der Waals surface area contributed by atoms with E-state index in [0.29, 0.717) is 25.9 Å². The molecular formula is C7H13NO3S. The van der Waals surface area contributed by atoms with Crippen LogP contribution in [0.1, 0.15) is 12.8 Å². The predicted octanol–water partition coefficient (Wildman–Crippen LogP) is 0.0765. The topological polar surface area (TPSA) is 57.6 Å². The Morgan fingerprint density at radius 2 is 2.00 bits per heavy atom. The van der Waals surface area contributed by atoms with Crippen molar-refractivity contribution in [1.82, 2.24) is 4.31 Å². The van der Waals surface area contributed by atoms with Crippen molar-refractivity contribution in [3.63, 3.8) is 0 Å². The average Bonchev–Trinajstić information content (AvgIpc) is 2.04. The summed E-state index contributed by atoms with van der Waals surface area (Å²) >= 11 is 0. The maximum absolute atomic E-state index is 11.0. The highest BCUT2D eigenvalue weighted by Gasteiger charge is 2.25. The summed E-state index contributed by atoms with van der Waals surface area (Å²) in [6.07, 6.45) is 2.87. The second kappa shape index (κ2) is 4.00. The lowest BCUT2D eigenvalue weighted by Crippen LogP contribution is -2.36. The van der Waals surface area contributed by atoms with E-state index in [0.717, 1.165) is 0 Å². The molecule has 1 aliphatic heterocycles. The number of rotatable bonds is 2. The van der Waals surface area contributed by atoms with Gasteiger partial charge in [0.2, 0.25) is 0 Å². The van der Waals surface area contributed by atoms with Crippen molar-refractivity contribution in [1.29, 1.82) is 0 Å². The van der Waals surface area contributed by atoms with Gasteiger partial charge in [-0.25, -0.2) is 8.51 Å². The number of carboxylic acids is 1. The van der Waals surface area contributed by atoms with E-state index in [9.17, 15) is 9.00 Å². The summed E-state index contributed by atoms with van der Waals surface area (Å²) < 4.78 is 12.8. The standard InChI is InChI=1S/C7H13NO3S/c1-12(11)8-4-2-6(3-5-8)7(9)10/h6H,2-5H2,1H3,(H,9,10). The molecule has 1 fully saturated rings. The highest BCUT2D eigenvalue weighted by Crippen LogP contribution is 2.17. The molecule has 1 rings (SSSR count). The Morgan fingerprint density at radius 1 is 1.50 bits per heavy atom. The third-order valence-corrected chi connectivity index (χ3v) is 3.26. The van der Waals surface area contributed by atoms with Crippen LogP contribution in [0.25, 0.3) is 0 Å². The fourth-order valence-electron chi connectivity index (χ4n) is 1.36. The maximum Gasteiger partial charge on any atom is 0.306 e. The molecule has 1 N–H and O–H groups in total. The van der Waals surface area contributed by atoms with Crippen molar-refractivity contribution < 1.29 is 14.1 Å². The summed E-state index contributed by atoms with van der Waals surface area (Å²) in [6, 6.07) is 0. The van der Waals surface area contributed by atoms with Gasteiger partial charge in [0.25, 0.3) is 0 Å². The van der Waals surface area contributed by atoms with Crippen LogP contribution in [0, 0.1) is 5.92 Å². The quantitative estimate of drug-likeness (QED) is 0.672. The van der Waals surface area contributed by atoms with Crippen LogP contribution >= 0.6 is 0 Å². The number of hydrogen-bond acceptors (Lipinski definition) is 2. The van der Waals surface area contributed by atoms with E-state index in [1.165, 1.54) is 0 Å². The molecule has 1 atom stereocenters. The van der Waals surface area contributed by atoms with Gasteiger partial charge in [0.15, 0.2) is 0 Å². The van der Waals surface area contributed by atoms with Crippen LogP contribution in [-0.2, 0) is 15.8 Å². The molecule has 0 aliphatic carbocycles. The van der Waals surface area contributed by atoms with Crippen LogP contribution in [-0.4, -0.2) is 38.9 Å². The third-order valence-electron chi connectivity index (χ3n) is 2.17. The molecule has 4 nitrogen and oxygen atoms in total. The van der Waals surface area contributed by atoms with Gasteiger partial charge in [0.05, 0.1) is 16.9 Å². The van der Waals surface area contributed by atoms with Crippen LogP contribution in [0.4, 0.5) is 0 Å². The van der Waals surface area contributed by atoms with E-state index in [1.807, 2.05) is 0 Å². The van der Waals surface area contributed by atoms with E-state index < -0.39 is 17.0 Å². The van der Waals surface area contributed by atoms with E-state index >= 15 is 0 Å². The van der Waals surface area contributed by atoms with Gasteiger partial charge >= 0.3 is 5.97 Å². The van der Waals surface area contributed by atoms with E-state index in [1.54, 1.807) is 10.6 Å². The summed E-state index contributed by atoms with van der Waals surface area (Å²) in [6.45, 7) is 1.28. The molecule has 0 aromatic heterocycles. The number of aliphatic carboxylic acids is 1. The Morgan fingerprint density at radius 3 is 2.33 bits per heavy atom. The predicted molar refractivity (Wildman–Crippen MR) is 46.0 cm³/mol. The van der Waals surface area contributed by atoms with Gasteiger partial charge in [-0.2, -0.15) is 0 Å². The summed E-state index contributed by atoms with van der Waals surface area (Å²) in [4.78, 5) is 10.5. The van der Waals surface area contributed by atoms with Gasteiger partial charge in [0, 0.05) is 19.3 Å². The van der Waals surface area contributed by atoms with E-state index in [4.69, 9.17) is 5.11 Å². The minimum Gasteiger partial charge on any atom is -0.481 e. The van der Waals surface area contributed by atoms with Crippen LogP contribution in [0.15, 0.2) is 0 Å². The van der Waals surface area contributed by atoms with E-state index in [2.05, 4.69) is 0 Å². The molecule has 0 radical (unpaired) electrons. The zero-order valence-corrected chi connectivity index (χ0v) is 7.84. The zero-order chi connectivity index (χ0) is 9.14. The molecule has 0 saturated carbocycles. The maximum atomic E-state index is 11.0. The Kier molecular flexibility index (Phi) is 3.22. The first kappa shape index (κ1) is 9.67. The number of nitrogens with zero attached hydrogens (tertiary/aromatic N) is 1. The van der Waals surface area contributed by atoms with Gasteiger partial charge in [-0.1, -0.05) is 0 Å². The number of hydrogen-bond donors (Lipinski definition) is 1. The molecular weight excluding hydrogens is 178 g/mol. The molecule has 0 bridgehead atoms. The summed E-state index contributed by atoms with van der Waals surface area (Å²) in [5, 5.41) is 8.67. The van der Waals surface area contributed by atoms with Crippen LogP contribution < -0.4 is 0 Å². The van der Waals surface area contributed by atoms with Crippen molar-refractivity contribution in [2.75, 3.05) is 19.3 Å². The van der Waals surface area contributed by atoms with Crippen LogP contribution in [0.2, 0.25) is 0 Å². The average molecular weight is 191 g/mol. The van der Waals surface area contributed by atoms with E-state index in [-0.39, 0.29) is 5.92 Å². The monoisotopic (exact) mass is 191 g/mol. The first-order valence-electron chi connectivity index (χ1n) is 3.92. The van der Waals surface area contributed by atoms with Gasteiger partial charge in [-0.3, -0.25) is 4.79 Å². The fourth-order valence-corrected chi connectivity index (χ4v) is 2.08. The van der Waals surface area contributed by atoms with Crippen molar-refractivity contribution in [3.8, 4) is 0 Å². The smallest absolute Gasteiger partial charge is 0.306 e. The lowest BCUT2D eigenvalue weighted by atomic mass is 9.99. The number of carboxylic acid groups (broad SMARTS) is 1. The van der Waals surface area contributed by atoms with Gasteiger partial charge in [-0.15, -0.1) is 0 Å². The molecule has 1 unspecified atom stereocenters. The molecule has 0 aromatic carbocycles. The first-order chi connectivity index (χ1) is 5.61. The summed E-state index contributed by atoms with van der Waals surface area (Å²) in [5.41, 5.74) is 0. The molecule has 1 aliphatic rings. The third kappa shape index (κ3) is 2.28.